The highest BCUT2D eigenvalue weighted by atomic mass is 32.1. The third-order valence-corrected chi connectivity index (χ3v) is 4.30. The summed E-state index contributed by atoms with van der Waals surface area (Å²) in [6.45, 7) is 0. The Kier molecular flexibility index (Phi) is 5.72. The van der Waals surface area contributed by atoms with E-state index in [1.54, 1.807) is 31.6 Å². The Morgan fingerprint density at radius 3 is 2.54 bits per heavy atom. The Labute approximate surface area is 159 Å². The number of thiazole rings is 1. The number of nitrogens with one attached hydrogen (secondary N) is 3. The van der Waals surface area contributed by atoms with Crippen LogP contribution in [0.2, 0.25) is 0 Å². The summed E-state index contributed by atoms with van der Waals surface area (Å²) < 4.78 is 5.15. The van der Waals surface area contributed by atoms with Gasteiger partial charge in [-0.2, -0.15) is 0 Å². The zero-order chi connectivity index (χ0) is 18.4. The summed E-state index contributed by atoms with van der Waals surface area (Å²) in [5.41, 5.74) is 7.43. The smallest absolute Gasteiger partial charge is 0.269 e. The fourth-order valence-electron chi connectivity index (χ4n) is 2.04. The monoisotopic (exact) mass is 385 g/mol. The Balaban J connectivity index is 1.55. The van der Waals surface area contributed by atoms with Crippen molar-refractivity contribution >= 4 is 39.7 Å². The van der Waals surface area contributed by atoms with E-state index < -0.39 is 0 Å². The number of anilines is 1. The number of benzene rings is 1. The third kappa shape index (κ3) is 4.52. The van der Waals surface area contributed by atoms with Crippen LogP contribution in [0.5, 0.6) is 5.75 Å². The first-order chi connectivity index (χ1) is 12.7. The van der Waals surface area contributed by atoms with Gasteiger partial charge in [-0.15, -0.1) is 11.3 Å². The number of nitrogens with zero attached hydrogens (tertiary/aromatic N) is 2. The molecule has 0 unspecified atom stereocenters. The van der Waals surface area contributed by atoms with Gasteiger partial charge in [0.15, 0.2) is 10.2 Å². The first kappa shape index (κ1) is 17.8. The van der Waals surface area contributed by atoms with E-state index in [9.17, 15) is 4.79 Å². The van der Waals surface area contributed by atoms with Crippen molar-refractivity contribution in [2.75, 3.05) is 12.4 Å². The molecule has 2 heterocycles. The minimum atomic E-state index is -0.311. The number of hydrazine groups is 1. The minimum Gasteiger partial charge on any atom is -0.497 e. The van der Waals surface area contributed by atoms with Crippen LogP contribution >= 0.6 is 23.6 Å². The Hall–Kier alpha value is -3.04. The summed E-state index contributed by atoms with van der Waals surface area (Å²) in [7, 11) is 1.63. The SMILES string of the molecule is COc1ccc(-c2csc(NC(=S)NNC(=O)c3ccncc3)n2)cc1. The molecule has 2 aromatic heterocycles. The van der Waals surface area contributed by atoms with Gasteiger partial charge in [-0.3, -0.25) is 20.6 Å². The fraction of sp³-hybridized carbons (Fsp3) is 0.0588. The third-order valence-electron chi connectivity index (χ3n) is 3.34. The van der Waals surface area contributed by atoms with Crippen LogP contribution < -0.4 is 20.9 Å². The minimum absolute atomic E-state index is 0.239. The number of thiocarbonyl (C=S) groups is 1. The molecule has 26 heavy (non-hydrogen) atoms. The molecule has 0 saturated heterocycles. The number of amides is 1. The lowest BCUT2D eigenvalue weighted by molar-refractivity contribution is 0.0944. The maximum Gasteiger partial charge on any atom is 0.269 e. The molecule has 132 valence electrons. The van der Waals surface area contributed by atoms with Crippen LogP contribution in [0.3, 0.4) is 0 Å². The second kappa shape index (κ2) is 8.37. The van der Waals surface area contributed by atoms with Crippen molar-refractivity contribution < 1.29 is 9.53 Å². The Morgan fingerprint density at radius 2 is 1.85 bits per heavy atom. The van der Waals surface area contributed by atoms with Crippen LogP contribution in [0.4, 0.5) is 5.13 Å². The number of hydrogen-bond acceptors (Lipinski definition) is 6. The van der Waals surface area contributed by atoms with E-state index in [4.69, 9.17) is 17.0 Å². The molecular formula is C17H15N5O2S2. The van der Waals surface area contributed by atoms with Crippen molar-refractivity contribution in [3.05, 3.63) is 59.7 Å². The molecule has 1 aromatic carbocycles. The van der Waals surface area contributed by atoms with Crippen LogP contribution in [-0.4, -0.2) is 28.1 Å². The fourth-order valence-corrected chi connectivity index (χ4v) is 2.98. The van der Waals surface area contributed by atoms with Crippen LogP contribution in [0.15, 0.2) is 54.2 Å². The topological polar surface area (TPSA) is 88.2 Å². The van der Waals surface area contributed by atoms with Crippen molar-refractivity contribution in [2.45, 2.75) is 0 Å². The quantitative estimate of drug-likeness (QED) is 0.470. The first-order valence-electron chi connectivity index (χ1n) is 7.53. The van der Waals surface area contributed by atoms with Gasteiger partial charge in [-0.1, -0.05) is 0 Å². The molecule has 3 N–H and O–H groups in total. The van der Waals surface area contributed by atoms with Crippen molar-refractivity contribution in [3.63, 3.8) is 0 Å². The summed E-state index contributed by atoms with van der Waals surface area (Å²) in [5.74, 6) is 0.479. The van der Waals surface area contributed by atoms with Crippen molar-refractivity contribution in [2.24, 2.45) is 0 Å². The molecule has 1 amide bonds. The van der Waals surface area contributed by atoms with E-state index in [0.717, 1.165) is 17.0 Å². The van der Waals surface area contributed by atoms with E-state index >= 15 is 0 Å². The normalized spacial score (nSPS) is 10.0. The van der Waals surface area contributed by atoms with Crippen LogP contribution in [-0.2, 0) is 0 Å². The maximum absolute atomic E-state index is 11.9. The molecule has 0 saturated carbocycles. The molecule has 0 bridgehead atoms. The number of carbonyl (C=O) groups is 1. The van der Waals surface area contributed by atoms with Crippen LogP contribution in [0.25, 0.3) is 11.3 Å². The lowest BCUT2D eigenvalue weighted by atomic mass is 10.2. The zero-order valence-corrected chi connectivity index (χ0v) is 15.4. The lowest BCUT2D eigenvalue weighted by Crippen LogP contribution is -2.43. The average Bonchev–Trinajstić information content (AvgIpc) is 3.15. The van der Waals surface area contributed by atoms with E-state index in [1.165, 1.54) is 11.3 Å². The van der Waals surface area contributed by atoms with E-state index in [2.05, 4.69) is 26.1 Å². The van der Waals surface area contributed by atoms with Crippen molar-refractivity contribution in [1.29, 1.82) is 0 Å². The molecule has 3 aromatic rings. The molecule has 9 heteroatoms. The highest BCUT2D eigenvalue weighted by Gasteiger charge is 2.08. The molecule has 7 nitrogen and oxygen atoms in total. The largest absolute Gasteiger partial charge is 0.497 e. The molecule has 0 aliphatic carbocycles. The lowest BCUT2D eigenvalue weighted by Gasteiger charge is -2.09. The van der Waals surface area contributed by atoms with Crippen molar-refractivity contribution in [3.8, 4) is 17.0 Å². The molecule has 0 aliphatic heterocycles. The molecule has 0 fully saturated rings. The van der Waals surface area contributed by atoms with Crippen molar-refractivity contribution in [1.82, 2.24) is 20.8 Å². The predicted octanol–water partition coefficient (Wildman–Crippen LogP) is 2.85. The van der Waals surface area contributed by atoms with Crippen LogP contribution in [0.1, 0.15) is 10.4 Å². The van der Waals surface area contributed by atoms with Gasteiger partial charge in [-0.25, -0.2) is 4.98 Å². The summed E-state index contributed by atoms with van der Waals surface area (Å²) in [6, 6.07) is 10.8. The zero-order valence-electron chi connectivity index (χ0n) is 13.7. The number of rotatable bonds is 4. The number of hydrogen-bond donors (Lipinski definition) is 3. The van der Waals surface area contributed by atoms with Gasteiger partial charge in [0, 0.05) is 28.9 Å². The Bertz CT molecular complexity index is 897. The van der Waals surface area contributed by atoms with E-state index in [-0.39, 0.29) is 11.0 Å². The standard InChI is InChI=1S/C17H15N5O2S2/c1-24-13-4-2-11(3-5-13)14-10-26-17(19-14)20-16(25)22-21-15(23)12-6-8-18-9-7-12/h2-10H,1H3,(H,21,23)(H2,19,20,22,25). The molecular weight excluding hydrogens is 370 g/mol. The highest BCUT2D eigenvalue weighted by molar-refractivity contribution is 7.80. The van der Waals surface area contributed by atoms with E-state index in [1.807, 2.05) is 29.6 Å². The molecule has 3 rings (SSSR count). The number of pyridine rings is 1. The van der Waals surface area contributed by atoms with Crippen LogP contribution in [0, 0.1) is 0 Å². The van der Waals surface area contributed by atoms with E-state index in [0.29, 0.717) is 10.7 Å². The molecule has 0 atom stereocenters. The summed E-state index contributed by atoms with van der Waals surface area (Å²) in [5, 5.41) is 5.71. The second-order valence-corrected chi connectivity index (χ2v) is 6.30. The highest BCUT2D eigenvalue weighted by Crippen LogP contribution is 2.26. The van der Waals surface area contributed by atoms with Gasteiger partial charge < -0.3 is 10.1 Å². The summed E-state index contributed by atoms with van der Waals surface area (Å²) in [4.78, 5) is 20.3. The van der Waals surface area contributed by atoms with Gasteiger partial charge >= 0.3 is 0 Å². The Morgan fingerprint density at radius 1 is 1.12 bits per heavy atom. The summed E-state index contributed by atoms with van der Waals surface area (Å²) in [6.07, 6.45) is 3.09. The summed E-state index contributed by atoms with van der Waals surface area (Å²) >= 11 is 6.58. The molecule has 0 radical (unpaired) electrons. The molecule has 0 aliphatic rings. The first-order valence-corrected chi connectivity index (χ1v) is 8.82. The van der Waals surface area contributed by atoms with Gasteiger partial charge in [0.1, 0.15) is 5.75 Å². The maximum atomic E-state index is 11.9. The number of methoxy groups -OCH3 is 1. The number of carbonyl (C=O) groups excluding carboxylic acids is 1. The molecule has 0 spiro atoms. The predicted molar refractivity (Wildman–Crippen MR) is 105 cm³/mol. The van der Waals surface area contributed by atoms with Gasteiger partial charge in [0.05, 0.1) is 12.8 Å². The van der Waals surface area contributed by atoms with Gasteiger partial charge in [0.25, 0.3) is 5.91 Å². The van der Waals surface area contributed by atoms with Gasteiger partial charge in [0.2, 0.25) is 0 Å². The van der Waals surface area contributed by atoms with Gasteiger partial charge in [-0.05, 0) is 48.6 Å². The number of aromatic nitrogens is 2. The average molecular weight is 385 g/mol. The number of ether oxygens (including phenoxy) is 1. The second-order valence-electron chi connectivity index (χ2n) is 5.04.